The third-order valence-corrected chi connectivity index (χ3v) is 4.91. The summed E-state index contributed by atoms with van der Waals surface area (Å²) in [6, 6.07) is 13.9. The van der Waals surface area contributed by atoms with Crippen LogP contribution in [0.1, 0.15) is 30.3 Å². The van der Waals surface area contributed by atoms with E-state index in [1.165, 1.54) is 12.1 Å². The van der Waals surface area contributed by atoms with Gasteiger partial charge in [0.15, 0.2) is 5.69 Å². The van der Waals surface area contributed by atoms with E-state index in [2.05, 4.69) is 12.0 Å². The second kappa shape index (κ2) is 6.31. The number of halogens is 1. The van der Waals surface area contributed by atoms with Crippen molar-refractivity contribution in [2.45, 2.75) is 19.8 Å². The number of hydrogen-bond donors (Lipinski definition) is 0. The van der Waals surface area contributed by atoms with Gasteiger partial charge in [-0.3, -0.25) is 4.79 Å². The summed E-state index contributed by atoms with van der Waals surface area (Å²) in [7, 11) is 0. The average molecular weight is 337 g/mol. The zero-order valence-corrected chi connectivity index (χ0v) is 14.2. The molecule has 0 radical (unpaired) electrons. The Morgan fingerprint density at radius 3 is 2.64 bits per heavy atom. The smallest absolute Gasteiger partial charge is 0.275 e. The molecule has 0 saturated carbocycles. The van der Waals surface area contributed by atoms with Crippen LogP contribution in [0, 0.1) is 11.7 Å². The number of likely N-dealkylation sites (tertiary alicyclic amines) is 1. The molecule has 3 aromatic rings. The molecular weight excluding hydrogens is 317 g/mol. The summed E-state index contributed by atoms with van der Waals surface area (Å²) in [6.45, 7) is 3.75. The van der Waals surface area contributed by atoms with Crippen LogP contribution in [0.2, 0.25) is 0 Å². The molecule has 0 spiro atoms. The fourth-order valence-electron chi connectivity index (χ4n) is 3.39. The second-order valence-electron chi connectivity index (χ2n) is 6.73. The van der Waals surface area contributed by atoms with Gasteiger partial charge in [0.2, 0.25) is 0 Å². The lowest BCUT2D eigenvalue weighted by Gasteiger charge is -2.29. The van der Waals surface area contributed by atoms with Gasteiger partial charge in [-0.15, -0.1) is 0 Å². The maximum Gasteiger partial charge on any atom is 0.275 e. The minimum absolute atomic E-state index is 0.0433. The molecule has 128 valence electrons. The molecule has 0 N–H and O–H groups in total. The predicted octanol–water partition coefficient (Wildman–Crippen LogP) is 4.04. The van der Waals surface area contributed by atoms with Gasteiger partial charge in [0.05, 0.1) is 11.2 Å². The molecule has 0 unspecified atom stereocenters. The van der Waals surface area contributed by atoms with Crippen LogP contribution in [0.15, 0.2) is 48.5 Å². The van der Waals surface area contributed by atoms with Gasteiger partial charge >= 0.3 is 0 Å². The Kier molecular flexibility index (Phi) is 3.99. The number of fused-ring (bicyclic) bond motifs is 1. The number of amides is 1. The van der Waals surface area contributed by atoms with Crippen molar-refractivity contribution in [1.82, 2.24) is 14.7 Å². The van der Waals surface area contributed by atoms with Crippen LogP contribution in [-0.4, -0.2) is 33.7 Å². The number of benzene rings is 2. The van der Waals surface area contributed by atoms with Gasteiger partial charge in [-0.25, -0.2) is 9.07 Å². The summed E-state index contributed by atoms with van der Waals surface area (Å²) < 4.78 is 15.3. The molecular formula is C20H20FN3O. The van der Waals surface area contributed by atoms with Crippen LogP contribution in [-0.2, 0) is 0 Å². The van der Waals surface area contributed by atoms with E-state index in [0.717, 1.165) is 36.8 Å². The van der Waals surface area contributed by atoms with Crippen LogP contribution in [0.3, 0.4) is 0 Å². The van der Waals surface area contributed by atoms with Crippen LogP contribution in [0.4, 0.5) is 4.39 Å². The number of carbonyl (C=O) groups is 1. The molecule has 1 saturated heterocycles. The first kappa shape index (κ1) is 15.8. The summed E-state index contributed by atoms with van der Waals surface area (Å²) in [5, 5.41) is 5.35. The van der Waals surface area contributed by atoms with Gasteiger partial charge < -0.3 is 4.90 Å². The van der Waals surface area contributed by atoms with Crippen molar-refractivity contribution in [2.75, 3.05) is 13.1 Å². The van der Waals surface area contributed by atoms with E-state index in [4.69, 9.17) is 0 Å². The van der Waals surface area contributed by atoms with Crippen molar-refractivity contribution in [1.29, 1.82) is 0 Å². The van der Waals surface area contributed by atoms with Crippen molar-refractivity contribution in [3.63, 3.8) is 0 Å². The van der Waals surface area contributed by atoms with Crippen LogP contribution in [0.25, 0.3) is 16.6 Å². The number of para-hydroxylation sites is 1. The third kappa shape index (κ3) is 2.90. The van der Waals surface area contributed by atoms with Gasteiger partial charge in [-0.1, -0.05) is 31.2 Å². The van der Waals surface area contributed by atoms with Crippen LogP contribution in [0.5, 0.6) is 0 Å². The Hall–Kier alpha value is -2.69. The largest absolute Gasteiger partial charge is 0.337 e. The summed E-state index contributed by atoms with van der Waals surface area (Å²) in [6.07, 6.45) is 2.04. The first-order valence-corrected chi connectivity index (χ1v) is 8.66. The Bertz CT molecular complexity index is 926. The molecule has 2 heterocycles. The van der Waals surface area contributed by atoms with Gasteiger partial charge in [0.1, 0.15) is 5.82 Å². The zero-order valence-electron chi connectivity index (χ0n) is 14.2. The lowest BCUT2D eigenvalue weighted by molar-refractivity contribution is 0.0692. The van der Waals surface area contributed by atoms with Crippen LogP contribution < -0.4 is 0 Å². The lowest BCUT2D eigenvalue weighted by atomic mass is 9.99. The topological polar surface area (TPSA) is 38.1 Å². The fraction of sp³-hybridized carbons (Fsp3) is 0.300. The van der Waals surface area contributed by atoms with Crippen LogP contribution >= 0.6 is 0 Å². The van der Waals surface area contributed by atoms with Gasteiger partial charge in [-0.05, 0) is 43.0 Å². The highest BCUT2D eigenvalue weighted by Gasteiger charge is 2.26. The normalized spacial score (nSPS) is 15.7. The minimum Gasteiger partial charge on any atom is -0.337 e. The fourth-order valence-corrected chi connectivity index (χ4v) is 3.39. The third-order valence-electron chi connectivity index (χ3n) is 4.91. The molecule has 25 heavy (non-hydrogen) atoms. The molecule has 1 aliphatic rings. The molecule has 5 heteroatoms. The van der Waals surface area contributed by atoms with Crippen molar-refractivity contribution >= 4 is 16.8 Å². The molecule has 1 fully saturated rings. The Labute approximate surface area is 145 Å². The van der Waals surface area contributed by atoms with E-state index in [1.54, 1.807) is 16.8 Å². The second-order valence-corrected chi connectivity index (χ2v) is 6.73. The number of aromatic nitrogens is 2. The highest BCUT2D eigenvalue weighted by atomic mass is 19.1. The first-order valence-electron chi connectivity index (χ1n) is 8.66. The van der Waals surface area contributed by atoms with Crippen molar-refractivity contribution in [2.24, 2.45) is 5.92 Å². The summed E-state index contributed by atoms with van der Waals surface area (Å²) in [5.41, 5.74) is 1.86. The molecule has 1 aromatic heterocycles. The standard InChI is InChI=1S/C20H20FN3O/c1-14-9-11-23(12-10-14)20(25)19-17-7-2-3-8-18(17)24(22-19)16-6-4-5-15(21)13-16/h2-8,13-14H,9-12H2,1H3. The Balaban J connectivity index is 1.79. The Morgan fingerprint density at radius 2 is 1.88 bits per heavy atom. The number of nitrogens with zero attached hydrogens (tertiary/aromatic N) is 3. The van der Waals surface area contributed by atoms with Crippen molar-refractivity contribution < 1.29 is 9.18 Å². The summed E-state index contributed by atoms with van der Waals surface area (Å²) >= 11 is 0. The van der Waals surface area contributed by atoms with Gasteiger partial charge in [0, 0.05) is 18.5 Å². The van der Waals surface area contributed by atoms with Gasteiger partial charge in [-0.2, -0.15) is 5.10 Å². The molecule has 4 nitrogen and oxygen atoms in total. The molecule has 0 atom stereocenters. The predicted molar refractivity (Wildman–Crippen MR) is 95.3 cm³/mol. The quantitative estimate of drug-likeness (QED) is 0.708. The van der Waals surface area contributed by atoms with Gasteiger partial charge in [0.25, 0.3) is 5.91 Å². The van der Waals surface area contributed by atoms with Crippen molar-refractivity contribution in [3.05, 3.63) is 60.0 Å². The van der Waals surface area contributed by atoms with E-state index in [0.29, 0.717) is 17.3 Å². The Morgan fingerprint density at radius 1 is 1.12 bits per heavy atom. The first-order chi connectivity index (χ1) is 12.1. The van der Waals surface area contributed by atoms with Crippen molar-refractivity contribution in [3.8, 4) is 5.69 Å². The monoisotopic (exact) mass is 337 g/mol. The SMILES string of the molecule is CC1CCN(C(=O)c2nn(-c3cccc(F)c3)c3ccccc23)CC1. The van der Waals surface area contributed by atoms with E-state index in [-0.39, 0.29) is 11.7 Å². The molecule has 0 aliphatic carbocycles. The van der Waals surface area contributed by atoms with E-state index < -0.39 is 0 Å². The number of carbonyl (C=O) groups excluding carboxylic acids is 1. The molecule has 4 rings (SSSR count). The lowest BCUT2D eigenvalue weighted by Crippen LogP contribution is -2.38. The average Bonchev–Trinajstić information content (AvgIpc) is 3.01. The van der Waals surface area contributed by atoms with E-state index in [1.807, 2.05) is 29.2 Å². The zero-order chi connectivity index (χ0) is 17.4. The molecule has 1 amide bonds. The number of piperidine rings is 1. The highest BCUT2D eigenvalue weighted by Crippen LogP contribution is 2.25. The highest BCUT2D eigenvalue weighted by molar-refractivity contribution is 6.05. The maximum atomic E-state index is 13.6. The summed E-state index contributed by atoms with van der Waals surface area (Å²) in [5.74, 6) is 0.291. The number of hydrogen-bond acceptors (Lipinski definition) is 2. The molecule has 2 aromatic carbocycles. The van der Waals surface area contributed by atoms with E-state index >= 15 is 0 Å². The minimum atomic E-state index is -0.324. The summed E-state index contributed by atoms with van der Waals surface area (Å²) in [4.78, 5) is 14.9. The number of rotatable bonds is 2. The maximum absolute atomic E-state index is 13.6. The molecule has 1 aliphatic heterocycles. The molecule has 0 bridgehead atoms. The van der Waals surface area contributed by atoms with E-state index in [9.17, 15) is 9.18 Å².